The van der Waals surface area contributed by atoms with Crippen molar-refractivity contribution < 1.29 is 8.42 Å². The molecule has 0 aromatic heterocycles. The minimum Gasteiger partial charge on any atom is -0.300 e. The van der Waals surface area contributed by atoms with Gasteiger partial charge in [0.25, 0.3) is 0 Å². The van der Waals surface area contributed by atoms with Crippen molar-refractivity contribution in [3.05, 3.63) is 35.9 Å². The van der Waals surface area contributed by atoms with E-state index in [-0.39, 0.29) is 22.8 Å². The Morgan fingerprint density at radius 2 is 2.05 bits per heavy atom. The Morgan fingerprint density at radius 3 is 2.79 bits per heavy atom. The molecule has 1 fully saturated rings. The molecule has 2 aliphatic heterocycles. The molecule has 1 aromatic rings. The second-order valence-electron chi connectivity index (χ2n) is 4.70. The largest absolute Gasteiger partial charge is 0.300 e. The maximum Gasteiger partial charge on any atom is 0.171 e. The van der Waals surface area contributed by atoms with Crippen LogP contribution in [0.3, 0.4) is 0 Å². The third-order valence-electron chi connectivity index (χ3n) is 3.15. The highest BCUT2D eigenvalue weighted by Crippen LogP contribution is 2.33. The summed E-state index contributed by atoms with van der Waals surface area (Å²) in [4.78, 5) is 4.40. The van der Waals surface area contributed by atoms with Gasteiger partial charge in [0, 0.05) is 11.8 Å². The molecule has 19 heavy (non-hydrogen) atoms. The van der Waals surface area contributed by atoms with Gasteiger partial charge in [0.2, 0.25) is 0 Å². The van der Waals surface area contributed by atoms with E-state index in [2.05, 4.69) is 15.8 Å². The van der Waals surface area contributed by atoms with Crippen LogP contribution in [-0.2, 0) is 16.4 Å². The van der Waals surface area contributed by atoms with Gasteiger partial charge in [0.05, 0.1) is 17.5 Å². The van der Waals surface area contributed by atoms with Crippen LogP contribution in [0.15, 0.2) is 35.3 Å². The van der Waals surface area contributed by atoms with Crippen molar-refractivity contribution in [3.63, 3.8) is 0 Å². The van der Waals surface area contributed by atoms with Gasteiger partial charge in [-0.15, -0.1) is 0 Å². The van der Waals surface area contributed by atoms with E-state index in [1.54, 1.807) is 0 Å². The van der Waals surface area contributed by atoms with Crippen molar-refractivity contribution in [2.75, 3.05) is 11.5 Å². The zero-order valence-electron chi connectivity index (χ0n) is 10.2. The summed E-state index contributed by atoms with van der Waals surface area (Å²) in [7, 11) is -2.87. The van der Waals surface area contributed by atoms with Gasteiger partial charge in [-0.1, -0.05) is 42.1 Å². The van der Waals surface area contributed by atoms with E-state index in [9.17, 15) is 8.42 Å². The predicted octanol–water partition coefficient (Wildman–Crippen LogP) is 0.549. The minimum absolute atomic E-state index is 0.0731. The lowest BCUT2D eigenvalue weighted by molar-refractivity contribution is 0.601. The van der Waals surface area contributed by atoms with E-state index < -0.39 is 9.84 Å². The van der Waals surface area contributed by atoms with Crippen LogP contribution in [0, 0.1) is 0 Å². The Labute approximate surface area is 116 Å². The van der Waals surface area contributed by atoms with Crippen LogP contribution in [0.2, 0.25) is 0 Å². The Kier molecular flexibility index (Phi) is 3.51. The van der Waals surface area contributed by atoms with E-state index in [0.717, 1.165) is 5.17 Å². The minimum atomic E-state index is -2.87. The van der Waals surface area contributed by atoms with Crippen molar-refractivity contribution in [1.29, 1.82) is 0 Å². The fourth-order valence-corrected chi connectivity index (χ4v) is 5.86. The van der Waals surface area contributed by atoms with Crippen LogP contribution in [0.5, 0.6) is 0 Å². The molecule has 5 nitrogen and oxygen atoms in total. The number of amidine groups is 1. The lowest BCUT2D eigenvalue weighted by Crippen LogP contribution is -2.34. The molecule has 0 aliphatic carbocycles. The number of fused-ring (bicyclic) bond motifs is 1. The fourth-order valence-electron chi connectivity index (χ4n) is 2.23. The highest BCUT2D eigenvalue weighted by Gasteiger charge is 2.42. The van der Waals surface area contributed by atoms with Gasteiger partial charge in [0.1, 0.15) is 0 Å². The summed E-state index contributed by atoms with van der Waals surface area (Å²) < 4.78 is 22.9. The van der Waals surface area contributed by atoms with Crippen molar-refractivity contribution in [1.82, 2.24) is 10.9 Å². The first-order chi connectivity index (χ1) is 9.12. The van der Waals surface area contributed by atoms with Crippen LogP contribution in [0.4, 0.5) is 0 Å². The molecule has 1 saturated heterocycles. The summed E-state index contributed by atoms with van der Waals surface area (Å²) in [6.45, 7) is 0.702. The maximum atomic E-state index is 11.4. The van der Waals surface area contributed by atoms with E-state index in [0.29, 0.717) is 6.54 Å². The molecule has 3 rings (SSSR count). The number of nitrogens with zero attached hydrogens (tertiary/aromatic N) is 1. The standard InChI is InChI=1S/C12H15N3O2S2/c16-19(17)7-10-11(8-19)18-12(14-10)15-13-6-9-4-2-1-3-5-9/h1-5,10-11,13H,6-8H2,(H,14,15)/t10-,11+/m0/s1. The topological polar surface area (TPSA) is 70.6 Å². The molecule has 7 heteroatoms. The zero-order valence-corrected chi connectivity index (χ0v) is 11.9. The summed E-state index contributed by atoms with van der Waals surface area (Å²) in [6, 6.07) is 9.98. The molecule has 2 atom stereocenters. The maximum absolute atomic E-state index is 11.4. The van der Waals surface area contributed by atoms with Crippen LogP contribution in [0.25, 0.3) is 0 Å². The van der Waals surface area contributed by atoms with Crippen LogP contribution < -0.4 is 10.9 Å². The summed E-state index contributed by atoms with van der Waals surface area (Å²) >= 11 is 1.52. The fraction of sp³-hybridized carbons (Fsp3) is 0.417. The van der Waals surface area contributed by atoms with E-state index >= 15 is 0 Å². The quantitative estimate of drug-likeness (QED) is 0.797. The molecule has 0 amide bonds. The second kappa shape index (κ2) is 5.15. The van der Waals surface area contributed by atoms with Crippen molar-refractivity contribution in [3.8, 4) is 0 Å². The number of benzene rings is 1. The third-order valence-corrected chi connectivity index (χ3v) is 6.29. The van der Waals surface area contributed by atoms with Gasteiger partial charge in [0.15, 0.2) is 15.0 Å². The molecule has 0 bridgehead atoms. The number of hydrogen-bond acceptors (Lipinski definition) is 6. The number of hydrazine groups is 1. The highest BCUT2D eigenvalue weighted by molar-refractivity contribution is 8.15. The smallest absolute Gasteiger partial charge is 0.171 e. The molecule has 0 saturated carbocycles. The van der Waals surface area contributed by atoms with E-state index in [1.807, 2.05) is 30.3 Å². The molecular weight excluding hydrogens is 282 g/mol. The molecule has 0 spiro atoms. The van der Waals surface area contributed by atoms with Crippen LogP contribution in [-0.4, -0.2) is 36.4 Å². The van der Waals surface area contributed by atoms with Gasteiger partial charge in [-0.25, -0.2) is 13.8 Å². The SMILES string of the molecule is O=S1(=O)C[C@@H]2N=C(NNCc3ccccc3)S[C@@H]2C1. The average Bonchev–Trinajstić information content (AvgIpc) is 2.83. The lowest BCUT2D eigenvalue weighted by Gasteiger charge is -2.08. The van der Waals surface area contributed by atoms with E-state index in [4.69, 9.17) is 0 Å². The van der Waals surface area contributed by atoms with Crippen molar-refractivity contribution in [2.24, 2.45) is 4.99 Å². The predicted molar refractivity (Wildman–Crippen MR) is 77.7 cm³/mol. The highest BCUT2D eigenvalue weighted by atomic mass is 32.2. The average molecular weight is 297 g/mol. The molecule has 2 heterocycles. The lowest BCUT2D eigenvalue weighted by atomic mass is 10.2. The molecule has 102 valence electrons. The Balaban J connectivity index is 1.51. The number of rotatable bonds is 3. The molecule has 1 aromatic carbocycles. The molecule has 2 N–H and O–H groups in total. The number of aliphatic imine (C=N–C) groups is 1. The van der Waals surface area contributed by atoms with Gasteiger partial charge in [-0.05, 0) is 5.56 Å². The molecule has 2 aliphatic rings. The van der Waals surface area contributed by atoms with Gasteiger partial charge < -0.3 is 5.43 Å². The number of hydrogen-bond donors (Lipinski definition) is 2. The molecule has 0 radical (unpaired) electrons. The van der Waals surface area contributed by atoms with Gasteiger partial charge >= 0.3 is 0 Å². The molecular formula is C12H15N3O2S2. The van der Waals surface area contributed by atoms with Gasteiger partial charge in [-0.2, -0.15) is 0 Å². The first-order valence-electron chi connectivity index (χ1n) is 6.10. The number of nitrogens with one attached hydrogen (secondary N) is 2. The Morgan fingerprint density at radius 1 is 1.26 bits per heavy atom. The summed E-state index contributed by atoms with van der Waals surface area (Å²) in [5.74, 6) is 0.435. The first kappa shape index (κ1) is 13.0. The van der Waals surface area contributed by atoms with Crippen molar-refractivity contribution >= 4 is 26.8 Å². The normalized spacial score (nSPS) is 27.9. The van der Waals surface area contributed by atoms with Crippen molar-refractivity contribution in [2.45, 2.75) is 17.8 Å². The molecule has 0 unspecified atom stereocenters. The summed E-state index contributed by atoms with van der Waals surface area (Å²) in [6.07, 6.45) is 0. The van der Waals surface area contributed by atoms with Crippen LogP contribution in [0.1, 0.15) is 5.56 Å². The monoisotopic (exact) mass is 297 g/mol. The Hall–Kier alpha value is -1.05. The second-order valence-corrected chi connectivity index (χ2v) is 8.08. The Bertz CT molecular complexity index is 586. The number of thioether (sulfide) groups is 1. The van der Waals surface area contributed by atoms with E-state index in [1.165, 1.54) is 17.3 Å². The first-order valence-corrected chi connectivity index (χ1v) is 8.80. The zero-order chi connectivity index (χ0) is 13.3. The van der Waals surface area contributed by atoms with Crippen LogP contribution >= 0.6 is 11.8 Å². The van der Waals surface area contributed by atoms with Gasteiger partial charge in [-0.3, -0.25) is 4.99 Å². The third kappa shape index (κ3) is 3.10. The summed E-state index contributed by atoms with van der Waals surface area (Å²) in [5, 5.41) is 0.881. The number of sulfone groups is 1. The summed E-state index contributed by atoms with van der Waals surface area (Å²) in [5.41, 5.74) is 7.34.